The van der Waals surface area contributed by atoms with E-state index in [4.69, 9.17) is 5.11 Å². The second-order valence-corrected chi connectivity index (χ2v) is 6.95. The van der Waals surface area contributed by atoms with Crippen molar-refractivity contribution in [3.8, 4) is 0 Å². The molecule has 1 atom stereocenters. The number of carbonyl (C=O) groups is 2. The molecule has 0 fully saturated rings. The largest absolute Gasteiger partial charge is 0.481 e. The fraction of sp³-hybridized carbons (Fsp3) is 0.526. The molecule has 0 aromatic carbocycles. The number of aliphatic carboxylic acids is 2. The van der Waals surface area contributed by atoms with Gasteiger partial charge in [0.1, 0.15) is 0 Å². The summed E-state index contributed by atoms with van der Waals surface area (Å²) in [5, 5.41) is 18.4. The van der Waals surface area contributed by atoms with Crippen molar-refractivity contribution in [2.24, 2.45) is 10.4 Å². The SMILES string of the molecule is C1=CCCCC1.CC1(C(=O)O)C=CC(C(C)(C)N=C=O)=C(C(=O)O)C1. The van der Waals surface area contributed by atoms with Crippen molar-refractivity contribution in [2.75, 3.05) is 0 Å². The lowest BCUT2D eigenvalue weighted by atomic mass is 9.74. The van der Waals surface area contributed by atoms with Crippen LogP contribution in [0.2, 0.25) is 0 Å². The summed E-state index contributed by atoms with van der Waals surface area (Å²) in [6.45, 7) is 4.59. The van der Waals surface area contributed by atoms with Crippen LogP contribution in [0, 0.1) is 5.41 Å². The van der Waals surface area contributed by atoms with Gasteiger partial charge in [-0.25, -0.2) is 9.59 Å². The van der Waals surface area contributed by atoms with E-state index in [1.54, 1.807) is 13.8 Å². The molecular weight excluding hydrogens is 322 g/mol. The molecule has 0 saturated carbocycles. The Balaban J connectivity index is 0.000000435. The minimum atomic E-state index is -1.27. The number of isocyanates is 1. The first-order chi connectivity index (χ1) is 11.6. The van der Waals surface area contributed by atoms with E-state index in [0.717, 1.165) is 0 Å². The highest BCUT2D eigenvalue weighted by Crippen LogP contribution is 2.38. The van der Waals surface area contributed by atoms with Crippen molar-refractivity contribution in [3.05, 3.63) is 35.5 Å². The molecule has 136 valence electrons. The smallest absolute Gasteiger partial charge is 0.331 e. The van der Waals surface area contributed by atoms with Gasteiger partial charge in [-0.05, 0) is 58.4 Å². The summed E-state index contributed by atoms with van der Waals surface area (Å²) in [6, 6.07) is 0. The Morgan fingerprint density at radius 2 is 1.76 bits per heavy atom. The van der Waals surface area contributed by atoms with Crippen molar-refractivity contribution in [1.82, 2.24) is 0 Å². The van der Waals surface area contributed by atoms with E-state index in [1.807, 2.05) is 0 Å². The first-order valence-electron chi connectivity index (χ1n) is 8.27. The summed E-state index contributed by atoms with van der Waals surface area (Å²) in [4.78, 5) is 36.5. The summed E-state index contributed by atoms with van der Waals surface area (Å²) in [7, 11) is 0. The number of carbonyl (C=O) groups excluding carboxylic acids is 1. The fourth-order valence-electron chi connectivity index (χ4n) is 2.73. The van der Waals surface area contributed by atoms with Gasteiger partial charge in [0.05, 0.1) is 11.0 Å². The molecule has 0 aromatic rings. The molecule has 6 nitrogen and oxygen atoms in total. The molecule has 0 bridgehead atoms. The predicted octanol–water partition coefficient (Wildman–Crippen LogP) is 3.65. The maximum Gasteiger partial charge on any atom is 0.331 e. The van der Waals surface area contributed by atoms with Gasteiger partial charge < -0.3 is 10.2 Å². The van der Waals surface area contributed by atoms with Crippen LogP contribution in [-0.2, 0) is 14.4 Å². The molecule has 2 aliphatic carbocycles. The maximum atomic E-state index is 11.3. The molecule has 2 aliphatic rings. The van der Waals surface area contributed by atoms with Gasteiger partial charge in [0.15, 0.2) is 0 Å². The summed E-state index contributed by atoms with van der Waals surface area (Å²) < 4.78 is 0. The molecule has 2 rings (SSSR count). The quantitative estimate of drug-likeness (QED) is 0.459. The lowest BCUT2D eigenvalue weighted by Crippen LogP contribution is -2.33. The van der Waals surface area contributed by atoms with Gasteiger partial charge in [0.2, 0.25) is 6.08 Å². The standard InChI is InChI=1S/C13H15NO5.C6H10/c1-12(2,14-7-15)9-4-5-13(3,11(18)19)6-8(9)10(16)17;1-2-4-6-5-3-1/h4-5H,6H2,1-3H3,(H,16,17)(H,18,19);1-2H,3-6H2. The molecule has 2 N–H and O–H groups in total. The maximum absolute atomic E-state index is 11.3. The van der Waals surface area contributed by atoms with Crippen LogP contribution in [-0.4, -0.2) is 33.8 Å². The zero-order chi connectivity index (χ0) is 19.1. The lowest BCUT2D eigenvalue weighted by Gasteiger charge is -2.30. The minimum Gasteiger partial charge on any atom is -0.481 e. The first kappa shape index (κ1) is 20.6. The summed E-state index contributed by atoms with van der Waals surface area (Å²) in [5.74, 6) is -2.31. The number of allylic oxidation sites excluding steroid dienone is 2. The number of hydrogen-bond acceptors (Lipinski definition) is 4. The summed E-state index contributed by atoms with van der Waals surface area (Å²) in [6.07, 6.45) is 14.1. The molecule has 0 aliphatic heterocycles. The number of rotatable bonds is 4. The molecular formula is C19H25NO5. The van der Waals surface area contributed by atoms with Crippen LogP contribution in [0.5, 0.6) is 0 Å². The molecule has 0 aromatic heterocycles. The molecule has 1 unspecified atom stereocenters. The van der Waals surface area contributed by atoms with Crippen LogP contribution < -0.4 is 0 Å². The Labute approximate surface area is 147 Å². The van der Waals surface area contributed by atoms with E-state index >= 15 is 0 Å². The molecule has 0 saturated heterocycles. The van der Waals surface area contributed by atoms with E-state index in [9.17, 15) is 19.5 Å². The van der Waals surface area contributed by atoms with Crippen LogP contribution in [0.1, 0.15) is 52.9 Å². The van der Waals surface area contributed by atoms with E-state index in [-0.39, 0.29) is 12.0 Å². The zero-order valence-corrected chi connectivity index (χ0v) is 14.9. The van der Waals surface area contributed by atoms with E-state index in [0.29, 0.717) is 5.57 Å². The summed E-state index contributed by atoms with van der Waals surface area (Å²) >= 11 is 0. The molecule has 0 heterocycles. The highest BCUT2D eigenvalue weighted by Gasteiger charge is 2.39. The molecule has 25 heavy (non-hydrogen) atoms. The normalized spacial score (nSPS) is 22.5. The first-order valence-corrected chi connectivity index (χ1v) is 8.27. The molecule has 0 amide bonds. The number of aliphatic imine (C=N–C) groups is 1. The number of nitrogens with zero attached hydrogens (tertiary/aromatic N) is 1. The second kappa shape index (κ2) is 8.58. The Morgan fingerprint density at radius 3 is 2.12 bits per heavy atom. The van der Waals surface area contributed by atoms with Gasteiger partial charge in [-0.2, -0.15) is 4.99 Å². The third-order valence-corrected chi connectivity index (χ3v) is 4.38. The third kappa shape index (κ3) is 5.54. The van der Waals surface area contributed by atoms with E-state index in [2.05, 4.69) is 17.1 Å². The number of carboxylic acids is 2. The lowest BCUT2D eigenvalue weighted by molar-refractivity contribution is -0.145. The highest BCUT2D eigenvalue weighted by atomic mass is 16.4. The van der Waals surface area contributed by atoms with Gasteiger partial charge in [-0.3, -0.25) is 4.79 Å². The molecule has 0 radical (unpaired) electrons. The van der Waals surface area contributed by atoms with Crippen LogP contribution in [0.3, 0.4) is 0 Å². The van der Waals surface area contributed by atoms with Crippen LogP contribution >= 0.6 is 0 Å². The molecule has 6 heteroatoms. The Kier molecular flexibility index (Phi) is 7.07. The van der Waals surface area contributed by atoms with Gasteiger partial charge in [-0.1, -0.05) is 24.3 Å². The van der Waals surface area contributed by atoms with E-state index < -0.39 is 22.9 Å². The van der Waals surface area contributed by atoms with E-state index in [1.165, 1.54) is 50.8 Å². The van der Waals surface area contributed by atoms with Crippen molar-refractivity contribution >= 4 is 18.0 Å². The van der Waals surface area contributed by atoms with Gasteiger partial charge in [0.25, 0.3) is 0 Å². The van der Waals surface area contributed by atoms with Gasteiger partial charge in [-0.15, -0.1) is 0 Å². The Bertz CT molecular complexity index is 657. The minimum absolute atomic E-state index is 0.0450. The number of carboxylic acid groups (broad SMARTS) is 2. The Hall–Kier alpha value is -2.46. The molecule has 0 spiro atoms. The van der Waals surface area contributed by atoms with Gasteiger partial charge in [0, 0.05) is 5.57 Å². The Morgan fingerprint density at radius 1 is 1.20 bits per heavy atom. The van der Waals surface area contributed by atoms with Crippen molar-refractivity contribution in [3.63, 3.8) is 0 Å². The average molecular weight is 347 g/mol. The van der Waals surface area contributed by atoms with Crippen molar-refractivity contribution in [2.45, 2.75) is 58.4 Å². The average Bonchev–Trinajstić information content (AvgIpc) is 2.56. The van der Waals surface area contributed by atoms with Gasteiger partial charge >= 0.3 is 11.9 Å². The second-order valence-electron chi connectivity index (χ2n) is 6.95. The number of hydrogen-bond donors (Lipinski definition) is 2. The monoisotopic (exact) mass is 347 g/mol. The van der Waals surface area contributed by atoms with Crippen LogP contribution in [0.15, 0.2) is 40.4 Å². The van der Waals surface area contributed by atoms with Crippen molar-refractivity contribution < 1.29 is 24.6 Å². The predicted molar refractivity (Wildman–Crippen MR) is 94.0 cm³/mol. The zero-order valence-electron chi connectivity index (χ0n) is 14.9. The van der Waals surface area contributed by atoms with Crippen molar-refractivity contribution in [1.29, 1.82) is 0 Å². The van der Waals surface area contributed by atoms with Crippen LogP contribution in [0.25, 0.3) is 0 Å². The third-order valence-electron chi connectivity index (χ3n) is 4.38. The fourth-order valence-corrected chi connectivity index (χ4v) is 2.73. The van der Waals surface area contributed by atoms with Crippen LogP contribution in [0.4, 0.5) is 0 Å². The summed E-state index contributed by atoms with van der Waals surface area (Å²) in [5.41, 5.74) is -2.04. The topological polar surface area (TPSA) is 104 Å². The highest BCUT2D eigenvalue weighted by molar-refractivity contribution is 5.92.